The Kier molecular flexibility index (Phi) is 6.13. The summed E-state index contributed by atoms with van der Waals surface area (Å²) in [5.74, 6) is -0.0486. The molecular weight excluding hydrogens is 428 g/mol. The van der Waals surface area contributed by atoms with Crippen LogP contribution in [0.25, 0.3) is 0 Å². The van der Waals surface area contributed by atoms with Crippen molar-refractivity contribution in [2.45, 2.75) is 19.4 Å². The number of likely N-dealkylation sites (N-methyl/N-ethyl adjacent to an activating group) is 1. The molecule has 27 heavy (non-hydrogen) atoms. The first-order chi connectivity index (χ1) is 12.9. The number of nitrogens with zero attached hydrogens (tertiary/aromatic N) is 1. The number of benzene rings is 1. The Morgan fingerprint density at radius 1 is 1.19 bits per heavy atom. The van der Waals surface area contributed by atoms with Gasteiger partial charge in [-0.25, -0.2) is 0 Å². The molecule has 1 atom stereocenters. The van der Waals surface area contributed by atoms with E-state index in [0.717, 1.165) is 10.4 Å². The zero-order valence-corrected chi connectivity index (χ0v) is 17.3. The molecule has 0 bridgehead atoms. The zero-order chi connectivity index (χ0) is 19.4. The van der Waals surface area contributed by atoms with E-state index in [0.29, 0.717) is 16.8 Å². The van der Waals surface area contributed by atoms with Gasteiger partial charge in [0.1, 0.15) is 0 Å². The average Bonchev–Trinajstić information content (AvgIpc) is 3.33. The van der Waals surface area contributed by atoms with Crippen LogP contribution in [0.5, 0.6) is 0 Å². The van der Waals surface area contributed by atoms with Gasteiger partial charge in [-0.2, -0.15) is 0 Å². The van der Waals surface area contributed by atoms with Crippen molar-refractivity contribution in [1.29, 1.82) is 0 Å². The summed E-state index contributed by atoms with van der Waals surface area (Å²) >= 11 is 4.82. The van der Waals surface area contributed by atoms with Crippen molar-refractivity contribution < 1.29 is 14.0 Å². The van der Waals surface area contributed by atoms with E-state index in [1.54, 1.807) is 40.5 Å². The number of anilines is 1. The van der Waals surface area contributed by atoms with Crippen LogP contribution in [0.3, 0.4) is 0 Å². The lowest BCUT2D eigenvalue weighted by Crippen LogP contribution is -2.30. The summed E-state index contributed by atoms with van der Waals surface area (Å²) in [5, 5.41) is 4.78. The third-order valence-electron chi connectivity index (χ3n) is 4.29. The Labute approximate surface area is 170 Å². The van der Waals surface area contributed by atoms with Crippen LogP contribution in [0, 0.1) is 0 Å². The van der Waals surface area contributed by atoms with Crippen LogP contribution in [0.15, 0.2) is 63.0 Å². The van der Waals surface area contributed by atoms with E-state index in [1.165, 1.54) is 0 Å². The van der Waals surface area contributed by atoms with Gasteiger partial charge < -0.3 is 14.6 Å². The minimum atomic E-state index is -0.325. The molecular formula is C20H19BrN2O3S. The van der Waals surface area contributed by atoms with Crippen LogP contribution < -0.4 is 5.32 Å². The maximum absolute atomic E-state index is 12.5. The molecule has 2 aromatic heterocycles. The number of carbonyl (C=O) groups is 2. The molecule has 1 N–H and O–H groups in total. The summed E-state index contributed by atoms with van der Waals surface area (Å²) in [6.45, 7) is 2.02. The quantitative estimate of drug-likeness (QED) is 0.571. The van der Waals surface area contributed by atoms with Crippen LogP contribution in [0.1, 0.15) is 34.0 Å². The number of hydrogen-bond donors (Lipinski definition) is 1. The second kappa shape index (κ2) is 8.54. The molecule has 0 saturated carbocycles. The lowest BCUT2D eigenvalue weighted by Gasteiger charge is -2.24. The van der Waals surface area contributed by atoms with Crippen molar-refractivity contribution >= 4 is 44.8 Å². The topological polar surface area (TPSA) is 62.6 Å². The van der Waals surface area contributed by atoms with Crippen LogP contribution in [0.2, 0.25) is 0 Å². The molecule has 2 amide bonds. The summed E-state index contributed by atoms with van der Waals surface area (Å²) in [6.07, 6.45) is 0.311. The summed E-state index contributed by atoms with van der Waals surface area (Å²) in [7, 11) is 1.82. The highest BCUT2D eigenvalue weighted by Gasteiger charge is 2.18. The van der Waals surface area contributed by atoms with Gasteiger partial charge >= 0.3 is 0 Å². The third-order valence-corrected chi connectivity index (χ3v) is 5.76. The van der Waals surface area contributed by atoms with E-state index in [4.69, 9.17) is 4.42 Å². The van der Waals surface area contributed by atoms with E-state index < -0.39 is 0 Å². The number of thiophene rings is 1. The van der Waals surface area contributed by atoms with Crippen molar-refractivity contribution in [1.82, 2.24) is 4.90 Å². The van der Waals surface area contributed by atoms with E-state index in [9.17, 15) is 9.59 Å². The number of carbonyl (C=O) groups excluding carboxylic acids is 2. The van der Waals surface area contributed by atoms with Crippen molar-refractivity contribution in [2.24, 2.45) is 0 Å². The maximum Gasteiger partial charge on any atom is 0.291 e. The van der Waals surface area contributed by atoms with Gasteiger partial charge in [-0.1, -0.05) is 18.2 Å². The first-order valence-corrected chi connectivity index (χ1v) is 10.1. The Balaban J connectivity index is 1.58. The van der Waals surface area contributed by atoms with Gasteiger partial charge in [0.15, 0.2) is 10.4 Å². The van der Waals surface area contributed by atoms with Crippen LogP contribution >= 0.6 is 27.3 Å². The Morgan fingerprint density at radius 3 is 2.52 bits per heavy atom. The second-order valence-corrected chi connectivity index (χ2v) is 7.89. The fourth-order valence-corrected chi connectivity index (χ4v) is 3.70. The molecule has 3 rings (SSSR count). The van der Waals surface area contributed by atoms with Crippen molar-refractivity contribution in [2.75, 3.05) is 12.4 Å². The molecule has 0 aliphatic rings. The number of amides is 2. The van der Waals surface area contributed by atoms with Gasteiger partial charge in [-0.3, -0.25) is 9.59 Å². The van der Waals surface area contributed by atoms with Crippen molar-refractivity contribution in [3.63, 3.8) is 0 Å². The zero-order valence-electron chi connectivity index (χ0n) is 14.9. The first kappa shape index (κ1) is 19.4. The Hall–Kier alpha value is -2.38. The molecule has 1 unspecified atom stereocenters. The lowest BCUT2D eigenvalue weighted by atomic mass is 10.1. The normalized spacial score (nSPS) is 11.8. The summed E-state index contributed by atoms with van der Waals surface area (Å²) < 4.78 is 5.73. The standard InChI is InChI=1S/C20H19BrN2O3S/c1-13(17-4-3-11-27-17)23(2)19(24)12-14-5-7-15(8-6-14)22-20(25)16-9-10-18(21)26-16/h3-11,13H,12H2,1-2H3,(H,22,25). The number of rotatable bonds is 6. The second-order valence-electron chi connectivity index (χ2n) is 6.13. The molecule has 140 valence electrons. The fraction of sp³-hybridized carbons (Fsp3) is 0.200. The molecule has 1 aromatic carbocycles. The highest BCUT2D eigenvalue weighted by molar-refractivity contribution is 9.10. The first-order valence-electron chi connectivity index (χ1n) is 8.38. The highest BCUT2D eigenvalue weighted by Crippen LogP contribution is 2.24. The van der Waals surface area contributed by atoms with E-state index in [2.05, 4.69) is 21.2 Å². The largest absolute Gasteiger partial charge is 0.444 e. The predicted octanol–water partition coefficient (Wildman–Crippen LogP) is 5.12. The molecule has 0 radical (unpaired) electrons. The molecule has 0 spiro atoms. The van der Waals surface area contributed by atoms with Gasteiger partial charge in [0.05, 0.1) is 12.5 Å². The lowest BCUT2D eigenvalue weighted by molar-refractivity contribution is -0.131. The van der Waals surface area contributed by atoms with Gasteiger partial charge in [0.25, 0.3) is 5.91 Å². The third kappa shape index (κ3) is 4.87. The molecule has 5 nitrogen and oxygen atoms in total. The van der Waals surface area contributed by atoms with E-state index >= 15 is 0 Å². The van der Waals surface area contributed by atoms with Crippen molar-refractivity contribution in [3.05, 3.63) is 74.8 Å². The Morgan fingerprint density at radius 2 is 1.93 bits per heavy atom. The van der Waals surface area contributed by atoms with Crippen LogP contribution in [-0.4, -0.2) is 23.8 Å². The SMILES string of the molecule is CC(c1cccs1)N(C)C(=O)Cc1ccc(NC(=O)c2ccc(Br)o2)cc1. The number of nitrogens with one attached hydrogen (secondary N) is 1. The minimum absolute atomic E-state index is 0.0451. The van der Waals surface area contributed by atoms with Gasteiger partial charge in [0.2, 0.25) is 5.91 Å². The van der Waals surface area contributed by atoms with Crippen LogP contribution in [0.4, 0.5) is 5.69 Å². The van der Waals surface area contributed by atoms with Gasteiger partial charge in [-0.05, 0) is 64.1 Å². The van der Waals surface area contributed by atoms with Crippen molar-refractivity contribution in [3.8, 4) is 0 Å². The summed E-state index contributed by atoms with van der Waals surface area (Å²) in [4.78, 5) is 27.5. The van der Waals surface area contributed by atoms with E-state index in [-0.39, 0.29) is 23.6 Å². The molecule has 3 aromatic rings. The van der Waals surface area contributed by atoms with Crippen LogP contribution in [-0.2, 0) is 11.2 Å². The monoisotopic (exact) mass is 446 g/mol. The number of halogens is 1. The highest BCUT2D eigenvalue weighted by atomic mass is 79.9. The predicted molar refractivity (Wildman–Crippen MR) is 110 cm³/mol. The van der Waals surface area contributed by atoms with E-state index in [1.807, 2.05) is 43.6 Å². The summed E-state index contributed by atoms with van der Waals surface area (Å²) in [5.41, 5.74) is 1.54. The fourth-order valence-electron chi connectivity index (χ4n) is 2.57. The molecule has 0 aliphatic heterocycles. The molecule has 0 aliphatic carbocycles. The van der Waals surface area contributed by atoms with Gasteiger partial charge in [0, 0.05) is 17.6 Å². The smallest absolute Gasteiger partial charge is 0.291 e. The maximum atomic E-state index is 12.5. The Bertz CT molecular complexity index is 919. The number of hydrogen-bond acceptors (Lipinski definition) is 4. The molecule has 0 fully saturated rings. The molecule has 7 heteroatoms. The number of furan rings is 1. The average molecular weight is 447 g/mol. The molecule has 0 saturated heterocycles. The molecule has 2 heterocycles. The summed E-state index contributed by atoms with van der Waals surface area (Å²) in [6, 6.07) is 14.6. The minimum Gasteiger partial charge on any atom is -0.444 e. The van der Waals surface area contributed by atoms with Gasteiger partial charge in [-0.15, -0.1) is 11.3 Å².